The highest BCUT2D eigenvalue weighted by atomic mass is 79.9. The monoisotopic (exact) mass is 452 g/mol. The van der Waals surface area contributed by atoms with Crippen LogP contribution in [0, 0.1) is 0 Å². The molecule has 0 bridgehead atoms. The minimum atomic E-state index is -3.28. The van der Waals surface area contributed by atoms with Gasteiger partial charge in [-0.05, 0) is 49.7 Å². The number of benzene rings is 2. The van der Waals surface area contributed by atoms with Crippen molar-refractivity contribution in [3.05, 3.63) is 52.5 Å². The van der Waals surface area contributed by atoms with Gasteiger partial charge in [-0.2, -0.15) is 0 Å². The molecule has 0 aliphatic heterocycles. The van der Waals surface area contributed by atoms with Crippen molar-refractivity contribution in [2.24, 2.45) is 0 Å². The molecule has 0 atom stereocenters. The van der Waals surface area contributed by atoms with Crippen LogP contribution >= 0.6 is 27.3 Å². The van der Waals surface area contributed by atoms with Crippen molar-refractivity contribution in [1.29, 1.82) is 0 Å². The van der Waals surface area contributed by atoms with Crippen LogP contribution < -0.4 is 5.32 Å². The first-order valence-corrected chi connectivity index (χ1v) is 11.3. The number of aromatic nitrogens is 1. The molecule has 3 rings (SSSR count). The lowest BCUT2D eigenvalue weighted by molar-refractivity contribution is -0.120. The van der Waals surface area contributed by atoms with Gasteiger partial charge in [-0.1, -0.05) is 39.4 Å². The number of carbonyl (C=O) groups is 1. The molecular weight excluding hydrogens is 436 g/mol. The van der Waals surface area contributed by atoms with Gasteiger partial charge < -0.3 is 5.32 Å². The number of hydrogen-bond donors (Lipinski definition) is 1. The van der Waals surface area contributed by atoms with Crippen LogP contribution in [0.4, 0.5) is 5.13 Å². The first-order chi connectivity index (χ1) is 12.1. The number of thiazole rings is 1. The van der Waals surface area contributed by atoms with Crippen molar-refractivity contribution in [1.82, 2.24) is 4.98 Å². The molecule has 0 aliphatic carbocycles. The Kier molecular flexibility index (Phi) is 4.94. The second-order valence-corrected chi connectivity index (χ2v) is 10.5. The Morgan fingerprint density at radius 2 is 1.81 bits per heavy atom. The van der Waals surface area contributed by atoms with Gasteiger partial charge in [0.1, 0.15) is 0 Å². The van der Waals surface area contributed by atoms with Crippen LogP contribution in [0.15, 0.2) is 51.8 Å². The van der Waals surface area contributed by atoms with E-state index in [1.54, 1.807) is 12.1 Å². The van der Waals surface area contributed by atoms with Crippen molar-refractivity contribution >= 4 is 58.4 Å². The molecule has 0 unspecified atom stereocenters. The quantitative estimate of drug-likeness (QED) is 0.636. The minimum absolute atomic E-state index is 0.179. The maximum atomic E-state index is 12.8. The van der Waals surface area contributed by atoms with E-state index in [1.807, 2.05) is 38.1 Å². The average Bonchev–Trinajstić information content (AvgIpc) is 2.95. The Bertz CT molecular complexity index is 1090. The van der Waals surface area contributed by atoms with E-state index in [0.29, 0.717) is 15.3 Å². The van der Waals surface area contributed by atoms with Gasteiger partial charge in [-0.3, -0.25) is 4.79 Å². The highest BCUT2D eigenvalue weighted by molar-refractivity contribution is 9.10. The Hall–Kier alpha value is -1.77. The predicted molar refractivity (Wildman–Crippen MR) is 109 cm³/mol. The summed E-state index contributed by atoms with van der Waals surface area (Å²) in [6.07, 6.45) is 1.17. The number of nitrogens with zero attached hydrogens (tertiary/aromatic N) is 1. The zero-order valence-electron chi connectivity index (χ0n) is 14.4. The molecule has 0 fully saturated rings. The summed E-state index contributed by atoms with van der Waals surface area (Å²) in [6.45, 7) is 3.70. The van der Waals surface area contributed by atoms with Gasteiger partial charge in [-0.25, -0.2) is 13.4 Å². The number of carbonyl (C=O) groups excluding carboxylic acids is 1. The normalized spacial score (nSPS) is 12.3. The zero-order valence-corrected chi connectivity index (χ0v) is 17.6. The molecule has 1 amide bonds. The molecule has 1 heterocycles. The molecule has 1 aromatic heterocycles. The number of rotatable bonds is 4. The van der Waals surface area contributed by atoms with Gasteiger partial charge in [0.05, 0.1) is 20.5 Å². The number of hydrogen-bond acceptors (Lipinski definition) is 5. The Morgan fingerprint density at radius 3 is 2.42 bits per heavy atom. The van der Waals surface area contributed by atoms with Gasteiger partial charge in [-0.15, -0.1) is 0 Å². The van der Waals surface area contributed by atoms with E-state index in [9.17, 15) is 13.2 Å². The number of fused-ring (bicyclic) bond motifs is 1. The molecule has 0 saturated heterocycles. The van der Waals surface area contributed by atoms with Crippen LogP contribution in [0.5, 0.6) is 0 Å². The first kappa shape index (κ1) is 19.0. The number of sulfone groups is 1. The van der Waals surface area contributed by atoms with E-state index < -0.39 is 15.3 Å². The van der Waals surface area contributed by atoms with Gasteiger partial charge in [0, 0.05) is 10.7 Å². The van der Waals surface area contributed by atoms with Crippen LogP contribution in [0.1, 0.15) is 19.4 Å². The van der Waals surface area contributed by atoms with E-state index >= 15 is 0 Å². The van der Waals surface area contributed by atoms with Crippen LogP contribution in [-0.4, -0.2) is 25.6 Å². The molecule has 3 aromatic rings. The summed E-state index contributed by atoms with van der Waals surface area (Å²) in [6, 6.07) is 12.4. The maximum Gasteiger partial charge on any atom is 0.236 e. The van der Waals surface area contributed by atoms with Gasteiger partial charge in [0.2, 0.25) is 5.91 Å². The van der Waals surface area contributed by atoms with Crippen molar-refractivity contribution in [3.63, 3.8) is 0 Å². The largest absolute Gasteiger partial charge is 0.301 e. The number of anilines is 1. The summed E-state index contributed by atoms with van der Waals surface area (Å²) in [5.41, 5.74) is 0.800. The third-order valence-electron chi connectivity index (χ3n) is 4.14. The summed E-state index contributed by atoms with van der Waals surface area (Å²) >= 11 is 4.65. The second-order valence-electron chi connectivity index (χ2n) is 6.51. The van der Waals surface area contributed by atoms with E-state index in [1.165, 1.54) is 23.7 Å². The summed E-state index contributed by atoms with van der Waals surface area (Å²) in [7, 11) is -3.28. The molecular formula is C18H17BrN2O3S2. The first-order valence-electron chi connectivity index (χ1n) is 7.75. The topological polar surface area (TPSA) is 76.1 Å². The fourth-order valence-electron chi connectivity index (χ4n) is 2.44. The lowest BCUT2D eigenvalue weighted by atomic mass is 9.84. The Labute approximate surface area is 164 Å². The summed E-state index contributed by atoms with van der Waals surface area (Å²) in [5.74, 6) is -0.179. The smallest absolute Gasteiger partial charge is 0.236 e. The molecule has 0 saturated carbocycles. The molecule has 0 spiro atoms. The Balaban J connectivity index is 1.88. The summed E-state index contributed by atoms with van der Waals surface area (Å²) in [4.78, 5) is 17.4. The molecule has 1 N–H and O–H groups in total. The third kappa shape index (κ3) is 3.82. The number of amides is 1. The summed E-state index contributed by atoms with van der Waals surface area (Å²) in [5, 5.41) is 3.30. The van der Waals surface area contributed by atoms with Crippen molar-refractivity contribution < 1.29 is 13.2 Å². The second kappa shape index (κ2) is 6.75. The standard InChI is InChI=1S/C18H17BrN2O3S2/c1-18(2,11-4-6-12(19)7-5-11)16(22)21-17-20-14-9-8-13(26(3,23)24)10-15(14)25-17/h4-10H,1-3H3,(H,20,21,22). The maximum absolute atomic E-state index is 12.8. The zero-order chi connectivity index (χ0) is 19.1. The fourth-order valence-corrected chi connectivity index (χ4v) is 4.33. The lowest BCUT2D eigenvalue weighted by Crippen LogP contribution is -2.34. The molecule has 5 nitrogen and oxygen atoms in total. The van der Waals surface area contributed by atoms with E-state index in [4.69, 9.17) is 0 Å². The highest BCUT2D eigenvalue weighted by Crippen LogP contribution is 2.31. The van der Waals surface area contributed by atoms with Crippen molar-refractivity contribution in [2.45, 2.75) is 24.2 Å². The molecule has 8 heteroatoms. The molecule has 0 aliphatic rings. The highest BCUT2D eigenvalue weighted by Gasteiger charge is 2.30. The number of halogens is 1. The van der Waals surface area contributed by atoms with Crippen molar-refractivity contribution in [3.8, 4) is 0 Å². The molecule has 136 valence electrons. The summed E-state index contributed by atoms with van der Waals surface area (Å²) < 4.78 is 25.0. The van der Waals surface area contributed by atoms with Gasteiger partial charge >= 0.3 is 0 Å². The lowest BCUT2D eigenvalue weighted by Gasteiger charge is -2.23. The third-order valence-corrected chi connectivity index (χ3v) is 6.71. The van der Waals surface area contributed by atoms with E-state index in [2.05, 4.69) is 26.2 Å². The van der Waals surface area contributed by atoms with Crippen LogP contribution in [0.3, 0.4) is 0 Å². The van der Waals surface area contributed by atoms with Gasteiger partial charge in [0.15, 0.2) is 15.0 Å². The van der Waals surface area contributed by atoms with Crippen LogP contribution in [0.2, 0.25) is 0 Å². The average molecular weight is 453 g/mol. The molecule has 0 radical (unpaired) electrons. The minimum Gasteiger partial charge on any atom is -0.301 e. The fraction of sp³-hybridized carbons (Fsp3) is 0.222. The van der Waals surface area contributed by atoms with Gasteiger partial charge in [0.25, 0.3) is 0 Å². The van der Waals surface area contributed by atoms with Crippen LogP contribution in [-0.2, 0) is 20.0 Å². The number of nitrogens with one attached hydrogen (secondary N) is 1. The van der Waals surface area contributed by atoms with E-state index in [0.717, 1.165) is 10.0 Å². The SMILES string of the molecule is CC(C)(C(=O)Nc1nc2ccc(S(C)(=O)=O)cc2s1)c1ccc(Br)cc1. The van der Waals surface area contributed by atoms with Crippen LogP contribution in [0.25, 0.3) is 10.2 Å². The predicted octanol–water partition coefficient (Wildman–Crippen LogP) is 4.38. The van der Waals surface area contributed by atoms with E-state index in [-0.39, 0.29) is 10.8 Å². The molecule has 2 aromatic carbocycles. The molecule has 26 heavy (non-hydrogen) atoms. The Morgan fingerprint density at radius 1 is 1.15 bits per heavy atom. The van der Waals surface area contributed by atoms with Crippen molar-refractivity contribution in [2.75, 3.05) is 11.6 Å².